The molecule has 2 heterocycles. The van der Waals surface area contributed by atoms with Crippen LogP contribution < -0.4 is 10.0 Å². The molecule has 0 radical (unpaired) electrons. The zero-order valence-electron chi connectivity index (χ0n) is 24.3. The Morgan fingerprint density at radius 3 is 2.33 bits per heavy atom. The number of hydrogen-bond acceptors (Lipinski definition) is 4. The van der Waals surface area contributed by atoms with Gasteiger partial charge in [0.05, 0.1) is 10.5 Å². The van der Waals surface area contributed by atoms with E-state index < -0.39 is 15.6 Å². The molecule has 5 rings (SSSR count). The molecule has 2 aliphatic rings. The van der Waals surface area contributed by atoms with E-state index in [0.717, 1.165) is 41.7 Å². The number of rotatable bonds is 7. The fourth-order valence-electron chi connectivity index (χ4n) is 6.25. The molecular formula is C32H43N3O4S. The van der Waals surface area contributed by atoms with Crippen LogP contribution in [0, 0.1) is 12.8 Å². The van der Waals surface area contributed by atoms with Gasteiger partial charge in [0.1, 0.15) is 0 Å². The van der Waals surface area contributed by atoms with Crippen molar-refractivity contribution in [3.05, 3.63) is 53.7 Å². The lowest BCUT2D eigenvalue weighted by Crippen LogP contribution is -2.40. The molecule has 2 fully saturated rings. The summed E-state index contributed by atoms with van der Waals surface area (Å²) < 4.78 is 37.4. The summed E-state index contributed by atoms with van der Waals surface area (Å²) in [5.41, 5.74) is 2.95. The molecule has 1 aliphatic heterocycles. The monoisotopic (exact) mass is 565 g/mol. The zero-order chi connectivity index (χ0) is 28.5. The Morgan fingerprint density at radius 1 is 0.975 bits per heavy atom. The van der Waals surface area contributed by atoms with Crippen LogP contribution in [0.2, 0.25) is 0 Å². The van der Waals surface area contributed by atoms with Crippen molar-refractivity contribution in [2.45, 2.75) is 95.7 Å². The van der Waals surface area contributed by atoms with Crippen LogP contribution in [0.4, 0.5) is 0 Å². The number of fused-ring (bicyclic) bond motifs is 1. The Morgan fingerprint density at radius 2 is 1.65 bits per heavy atom. The molecule has 8 heteroatoms. The van der Waals surface area contributed by atoms with E-state index in [-0.39, 0.29) is 16.8 Å². The first-order valence-corrected chi connectivity index (χ1v) is 16.2. The van der Waals surface area contributed by atoms with Gasteiger partial charge in [-0.25, -0.2) is 13.1 Å². The molecule has 1 aliphatic carbocycles. The minimum Gasteiger partial charge on any atom is -0.381 e. The van der Waals surface area contributed by atoms with Crippen molar-refractivity contribution in [2.75, 3.05) is 13.2 Å². The first-order chi connectivity index (χ1) is 19.0. The van der Waals surface area contributed by atoms with Crippen LogP contribution in [-0.4, -0.2) is 43.7 Å². The molecule has 1 amide bonds. The lowest BCUT2D eigenvalue weighted by Gasteiger charge is -2.25. The zero-order valence-corrected chi connectivity index (χ0v) is 25.1. The Labute approximate surface area is 238 Å². The van der Waals surface area contributed by atoms with Gasteiger partial charge < -0.3 is 14.6 Å². The lowest BCUT2D eigenvalue weighted by atomic mass is 9.89. The fraction of sp³-hybridized carbons (Fsp3) is 0.531. The van der Waals surface area contributed by atoms with E-state index in [1.165, 1.54) is 32.1 Å². The van der Waals surface area contributed by atoms with Crippen LogP contribution in [0.25, 0.3) is 22.0 Å². The number of nitrogens with zero attached hydrogens (tertiary/aromatic N) is 1. The summed E-state index contributed by atoms with van der Waals surface area (Å²) in [6.07, 6.45) is 7.80. The normalized spacial score (nSPS) is 17.8. The van der Waals surface area contributed by atoms with Gasteiger partial charge in [0, 0.05) is 53.7 Å². The van der Waals surface area contributed by atoms with Gasteiger partial charge in [-0.15, -0.1) is 0 Å². The summed E-state index contributed by atoms with van der Waals surface area (Å²) in [7, 11) is -3.74. The third-order valence-electron chi connectivity index (χ3n) is 8.22. The SMILES string of the molecule is Cc1c(C(=O)NC2CCOCC2)cc(-c2ccc(S(=O)(=O)NC(C)(C)C)c3ccccc23)n1CC1CCCCC1. The van der Waals surface area contributed by atoms with Crippen LogP contribution >= 0.6 is 0 Å². The average molecular weight is 566 g/mol. The van der Waals surface area contributed by atoms with E-state index in [2.05, 4.69) is 14.6 Å². The molecule has 40 heavy (non-hydrogen) atoms. The van der Waals surface area contributed by atoms with E-state index in [1.807, 2.05) is 64.1 Å². The van der Waals surface area contributed by atoms with Gasteiger partial charge in [-0.1, -0.05) is 49.6 Å². The lowest BCUT2D eigenvalue weighted by molar-refractivity contribution is 0.0696. The fourth-order valence-corrected chi connectivity index (χ4v) is 7.88. The largest absolute Gasteiger partial charge is 0.381 e. The van der Waals surface area contributed by atoms with E-state index in [4.69, 9.17) is 4.74 Å². The Balaban J connectivity index is 1.60. The molecule has 216 valence electrons. The van der Waals surface area contributed by atoms with E-state index >= 15 is 0 Å². The molecule has 7 nitrogen and oxygen atoms in total. The highest BCUT2D eigenvalue weighted by molar-refractivity contribution is 7.89. The van der Waals surface area contributed by atoms with Crippen molar-refractivity contribution < 1.29 is 17.9 Å². The number of hydrogen-bond donors (Lipinski definition) is 2. The second-order valence-corrected chi connectivity index (χ2v) is 14.2. The van der Waals surface area contributed by atoms with Crippen molar-refractivity contribution in [1.29, 1.82) is 0 Å². The third-order valence-corrected chi connectivity index (χ3v) is 10.0. The highest BCUT2D eigenvalue weighted by Crippen LogP contribution is 2.37. The van der Waals surface area contributed by atoms with Crippen LogP contribution in [0.3, 0.4) is 0 Å². The molecule has 0 spiro atoms. The van der Waals surface area contributed by atoms with Crippen LogP contribution in [0.15, 0.2) is 47.4 Å². The van der Waals surface area contributed by atoms with Crippen molar-refractivity contribution in [2.24, 2.45) is 5.92 Å². The standard InChI is InChI=1S/C32H43N3O4S/c1-22-28(31(36)33-24-16-18-39-19-17-24)20-29(35(22)21-23-10-6-5-7-11-23)26-14-15-30(27-13-9-8-12-25(26)27)40(37,38)34-32(2,3)4/h8-9,12-15,20,23-24,34H,5-7,10-11,16-19,21H2,1-4H3,(H,33,36). The maximum atomic E-state index is 13.6. The van der Waals surface area contributed by atoms with Gasteiger partial charge in [0.25, 0.3) is 5.91 Å². The summed E-state index contributed by atoms with van der Waals surface area (Å²) in [5.74, 6) is 0.512. The summed E-state index contributed by atoms with van der Waals surface area (Å²) in [4.78, 5) is 13.8. The highest BCUT2D eigenvalue weighted by atomic mass is 32.2. The van der Waals surface area contributed by atoms with Crippen LogP contribution in [0.1, 0.15) is 81.8 Å². The highest BCUT2D eigenvalue weighted by Gasteiger charge is 2.27. The number of aromatic nitrogens is 1. The summed E-state index contributed by atoms with van der Waals surface area (Å²) in [6, 6.07) is 13.4. The van der Waals surface area contributed by atoms with Gasteiger partial charge in [-0.2, -0.15) is 0 Å². The Bertz CT molecular complexity index is 1470. The number of nitrogens with one attached hydrogen (secondary N) is 2. The molecule has 3 aromatic rings. The van der Waals surface area contributed by atoms with Crippen LogP contribution in [-0.2, 0) is 21.3 Å². The molecule has 2 aromatic carbocycles. The molecule has 2 N–H and O–H groups in total. The quantitative estimate of drug-likeness (QED) is 0.358. The third kappa shape index (κ3) is 6.29. The summed E-state index contributed by atoms with van der Waals surface area (Å²) >= 11 is 0. The Hall–Kier alpha value is -2.68. The predicted octanol–water partition coefficient (Wildman–Crippen LogP) is 6.18. The van der Waals surface area contributed by atoms with Gasteiger partial charge in [0.2, 0.25) is 10.0 Å². The van der Waals surface area contributed by atoms with Gasteiger partial charge in [0.15, 0.2) is 0 Å². The molecule has 0 unspecified atom stereocenters. The summed E-state index contributed by atoms with van der Waals surface area (Å²) in [6.45, 7) is 9.76. The van der Waals surface area contributed by atoms with Gasteiger partial charge in [-0.3, -0.25) is 4.79 Å². The number of amides is 1. The Kier molecular flexibility index (Phi) is 8.41. The first-order valence-electron chi connectivity index (χ1n) is 14.7. The van der Waals surface area contributed by atoms with E-state index in [1.54, 1.807) is 6.07 Å². The summed E-state index contributed by atoms with van der Waals surface area (Å²) in [5, 5.41) is 4.77. The van der Waals surface area contributed by atoms with Gasteiger partial charge >= 0.3 is 0 Å². The maximum Gasteiger partial charge on any atom is 0.253 e. The number of carbonyl (C=O) groups is 1. The molecule has 1 aromatic heterocycles. The van der Waals surface area contributed by atoms with Gasteiger partial charge in [-0.05, 0) is 76.8 Å². The number of sulfonamides is 1. The van der Waals surface area contributed by atoms with Crippen molar-refractivity contribution >= 4 is 26.7 Å². The molecule has 0 bridgehead atoms. The average Bonchev–Trinajstić information content (AvgIpc) is 3.23. The maximum absolute atomic E-state index is 13.6. The minimum absolute atomic E-state index is 0.0501. The van der Waals surface area contributed by atoms with Crippen molar-refractivity contribution in [1.82, 2.24) is 14.6 Å². The molecule has 1 saturated carbocycles. The van der Waals surface area contributed by atoms with Crippen molar-refractivity contribution in [3.63, 3.8) is 0 Å². The van der Waals surface area contributed by atoms with E-state index in [9.17, 15) is 13.2 Å². The van der Waals surface area contributed by atoms with E-state index in [0.29, 0.717) is 30.1 Å². The number of benzene rings is 2. The second-order valence-electron chi connectivity index (χ2n) is 12.5. The topological polar surface area (TPSA) is 89.4 Å². The molecule has 1 saturated heterocycles. The predicted molar refractivity (Wildman–Crippen MR) is 160 cm³/mol. The second kappa shape index (κ2) is 11.7. The first kappa shape index (κ1) is 28.8. The smallest absolute Gasteiger partial charge is 0.253 e. The minimum atomic E-state index is -3.74. The van der Waals surface area contributed by atoms with Crippen LogP contribution in [0.5, 0.6) is 0 Å². The number of ether oxygens (including phenoxy) is 1. The van der Waals surface area contributed by atoms with Crippen molar-refractivity contribution in [3.8, 4) is 11.3 Å². The number of carbonyl (C=O) groups excluding carboxylic acids is 1. The molecule has 0 atom stereocenters. The molecular weight excluding hydrogens is 522 g/mol.